The number of likely N-dealkylation sites (N-methyl/N-ethyl adjacent to an activating group) is 1. The van der Waals surface area contributed by atoms with Crippen molar-refractivity contribution in [1.29, 1.82) is 0 Å². The molecule has 3 heterocycles. The van der Waals surface area contributed by atoms with Crippen LogP contribution in [0.2, 0.25) is 0 Å². The standard InChI is InChI=1S/C17H21FN4/c1-21-16(5-2-12-8-17(12)21)11-22-7-6-15(20-22)9-14-4-3-13(18)10-19-14/h3-4,6-7,10,12,16-17H,2,5,8-9,11H2,1H3/t12-,16+,17+/m1/s1. The molecule has 0 amide bonds. The molecule has 1 saturated heterocycles. The van der Waals surface area contributed by atoms with E-state index in [1.54, 1.807) is 6.07 Å². The number of nitrogens with zero attached hydrogens (tertiary/aromatic N) is 4. The first-order valence-corrected chi connectivity index (χ1v) is 8.04. The lowest BCUT2D eigenvalue weighted by Gasteiger charge is -2.32. The third-order valence-corrected chi connectivity index (χ3v) is 5.10. The van der Waals surface area contributed by atoms with Crippen molar-refractivity contribution in [2.24, 2.45) is 5.92 Å². The van der Waals surface area contributed by atoms with Crippen molar-refractivity contribution in [2.45, 2.75) is 44.3 Å². The van der Waals surface area contributed by atoms with E-state index in [0.29, 0.717) is 12.5 Å². The SMILES string of the molecule is CN1[C@H](Cn2ccc(Cc3ccc(F)cn3)n2)CC[C@@H]2C[C@@H]21. The highest BCUT2D eigenvalue weighted by molar-refractivity contribution is 5.14. The monoisotopic (exact) mass is 300 g/mol. The summed E-state index contributed by atoms with van der Waals surface area (Å²) < 4.78 is 14.9. The van der Waals surface area contributed by atoms with E-state index >= 15 is 0 Å². The van der Waals surface area contributed by atoms with Crippen molar-refractivity contribution in [3.8, 4) is 0 Å². The average molecular weight is 300 g/mol. The fourth-order valence-corrected chi connectivity index (χ4v) is 3.65. The molecule has 1 aliphatic heterocycles. The largest absolute Gasteiger partial charge is 0.298 e. The molecule has 0 spiro atoms. The first-order chi connectivity index (χ1) is 10.7. The molecular weight excluding hydrogens is 279 g/mol. The fraction of sp³-hybridized carbons (Fsp3) is 0.529. The molecule has 22 heavy (non-hydrogen) atoms. The van der Waals surface area contributed by atoms with Gasteiger partial charge in [0.05, 0.1) is 18.4 Å². The van der Waals surface area contributed by atoms with Gasteiger partial charge in [0.2, 0.25) is 0 Å². The summed E-state index contributed by atoms with van der Waals surface area (Å²) in [5, 5.41) is 4.65. The highest BCUT2D eigenvalue weighted by Gasteiger charge is 2.45. The minimum absolute atomic E-state index is 0.298. The van der Waals surface area contributed by atoms with Crippen LogP contribution in [0.25, 0.3) is 0 Å². The zero-order chi connectivity index (χ0) is 15.1. The Kier molecular flexibility index (Phi) is 3.45. The number of likely N-dealkylation sites (tertiary alicyclic amines) is 1. The van der Waals surface area contributed by atoms with E-state index in [4.69, 9.17) is 0 Å². The number of fused-ring (bicyclic) bond motifs is 1. The zero-order valence-electron chi connectivity index (χ0n) is 12.8. The molecule has 2 fully saturated rings. The van der Waals surface area contributed by atoms with Crippen LogP contribution in [0.4, 0.5) is 4.39 Å². The van der Waals surface area contributed by atoms with Gasteiger partial charge < -0.3 is 0 Å². The third-order valence-electron chi connectivity index (χ3n) is 5.10. The molecular formula is C17H21FN4. The van der Waals surface area contributed by atoms with Gasteiger partial charge in [-0.2, -0.15) is 5.10 Å². The Morgan fingerprint density at radius 3 is 2.95 bits per heavy atom. The lowest BCUT2D eigenvalue weighted by molar-refractivity contribution is 0.153. The molecule has 0 N–H and O–H groups in total. The van der Waals surface area contributed by atoms with Gasteiger partial charge in [-0.1, -0.05) is 0 Å². The third kappa shape index (κ3) is 2.77. The van der Waals surface area contributed by atoms with Crippen LogP contribution in [-0.2, 0) is 13.0 Å². The van der Waals surface area contributed by atoms with Crippen LogP contribution in [0.3, 0.4) is 0 Å². The maximum atomic E-state index is 12.9. The van der Waals surface area contributed by atoms with Crippen LogP contribution >= 0.6 is 0 Å². The Bertz CT molecular complexity index is 651. The molecule has 0 radical (unpaired) electrons. The van der Waals surface area contributed by atoms with Gasteiger partial charge in [0.15, 0.2) is 0 Å². The van der Waals surface area contributed by atoms with E-state index in [0.717, 1.165) is 29.9 Å². The molecule has 3 atom stereocenters. The van der Waals surface area contributed by atoms with Gasteiger partial charge in [0.1, 0.15) is 5.82 Å². The molecule has 0 unspecified atom stereocenters. The van der Waals surface area contributed by atoms with Gasteiger partial charge >= 0.3 is 0 Å². The number of aromatic nitrogens is 3. The summed E-state index contributed by atoms with van der Waals surface area (Å²) >= 11 is 0. The smallest absolute Gasteiger partial charge is 0.141 e. The number of hydrogen-bond acceptors (Lipinski definition) is 3. The van der Waals surface area contributed by atoms with Crippen molar-refractivity contribution in [1.82, 2.24) is 19.7 Å². The molecule has 1 saturated carbocycles. The second-order valence-corrected chi connectivity index (χ2v) is 6.63. The number of hydrogen-bond donors (Lipinski definition) is 0. The predicted octanol–water partition coefficient (Wildman–Crippen LogP) is 2.49. The highest BCUT2D eigenvalue weighted by Crippen LogP contribution is 2.44. The topological polar surface area (TPSA) is 34.0 Å². The van der Waals surface area contributed by atoms with E-state index < -0.39 is 0 Å². The molecule has 4 nitrogen and oxygen atoms in total. The van der Waals surface area contributed by atoms with Crippen molar-refractivity contribution in [2.75, 3.05) is 7.05 Å². The summed E-state index contributed by atoms with van der Waals surface area (Å²) in [6, 6.07) is 6.62. The van der Waals surface area contributed by atoms with Gasteiger partial charge in [-0.25, -0.2) is 4.39 Å². The molecule has 4 rings (SSSR count). The second kappa shape index (κ2) is 5.47. The number of piperidine rings is 1. The van der Waals surface area contributed by atoms with Crippen molar-refractivity contribution in [3.05, 3.63) is 47.8 Å². The Balaban J connectivity index is 1.39. The van der Waals surface area contributed by atoms with Crippen molar-refractivity contribution >= 4 is 0 Å². The summed E-state index contributed by atoms with van der Waals surface area (Å²) in [5.41, 5.74) is 1.84. The van der Waals surface area contributed by atoms with Gasteiger partial charge in [-0.3, -0.25) is 14.6 Å². The van der Waals surface area contributed by atoms with Gasteiger partial charge in [0.25, 0.3) is 0 Å². The Morgan fingerprint density at radius 1 is 1.23 bits per heavy atom. The van der Waals surface area contributed by atoms with Crippen LogP contribution in [0.1, 0.15) is 30.7 Å². The maximum Gasteiger partial charge on any atom is 0.141 e. The highest BCUT2D eigenvalue weighted by atomic mass is 19.1. The minimum Gasteiger partial charge on any atom is -0.298 e. The van der Waals surface area contributed by atoms with Crippen LogP contribution in [0.15, 0.2) is 30.6 Å². The van der Waals surface area contributed by atoms with Crippen LogP contribution in [0, 0.1) is 11.7 Å². The molecule has 2 aliphatic rings. The average Bonchev–Trinajstić information content (AvgIpc) is 3.19. The summed E-state index contributed by atoms with van der Waals surface area (Å²) in [7, 11) is 2.25. The molecule has 2 aromatic heterocycles. The Labute approximate surface area is 130 Å². The predicted molar refractivity (Wildman–Crippen MR) is 81.9 cm³/mol. The van der Waals surface area contributed by atoms with E-state index in [9.17, 15) is 4.39 Å². The molecule has 1 aliphatic carbocycles. The first kappa shape index (κ1) is 13.9. The maximum absolute atomic E-state index is 12.9. The summed E-state index contributed by atoms with van der Waals surface area (Å²) in [4.78, 5) is 6.63. The number of halogens is 1. The number of pyridine rings is 1. The van der Waals surface area contributed by atoms with Crippen molar-refractivity contribution < 1.29 is 4.39 Å². The summed E-state index contributed by atoms with van der Waals surface area (Å²) in [5.74, 6) is 0.659. The molecule has 2 aromatic rings. The van der Waals surface area contributed by atoms with Crippen LogP contribution in [-0.4, -0.2) is 38.8 Å². The lowest BCUT2D eigenvalue weighted by atomic mass is 10.0. The summed E-state index contributed by atoms with van der Waals surface area (Å²) in [6.45, 7) is 0.955. The summed E-state index contributed by atoms with van der Waals surface area (Å²) in [6.07, 6.45) is 7.98. The van der Waals surface area contributed by atoms with Gasteiger partial charge in [-0.15, -0.1) is 0 Å². The molecule has 0 aromatic carbocycles. The minimum atomic E-state index is -0.298. The lowest BCUT2D eigenvalue weighted by Crippen LogP contribution is -2.40. The Hall–Kier alpha value is -1.75. The van der Waals surface area contributed by atoms with E-state index in [2.05, 4.69) is 22.0 Å². The van der Waals surface area contributed by atoms with E-state index in [-0.39, 0.29) is 5.82 Å². The second-order valence-electron chi connectivity index (χ2n) is 6.63. The van der Waals surface area contributed by atoms with Gasteiger partial charge in [0, 0.05) is 30.4 Å². The molecule has 0 bridgehead atoms. The quantitative estimate of drug-likeness (QED) is 0.870. The molecule has 116 valence electrons. The first-order valence-electron chi connectivity index (χ1n) is 8.04. The number of rotatable bonds is 4. The van der Waals surface area contributed by atoms with Crippen LogP contribution < -0.4 is 0 Å². The normalized spacial score (nSPS) is 27.6. The Morgan fingerprint density at radius 2 is 2.14 bits per heavy atom. The zero-order valence-corrected chi connectivity index (χ0v) is 12.8. The van der Waals surface area contributed by atoms with E-state index in [1.165, 1.54) is 31.5 Å². The fourth-order valence-electron chi connectivity index (χ4n) is 3.65. The molecule has 5 heteroatoms. The van der Waals surface area contributed by atoms with E-state index in [1.807, 2.05) is 16.9 Å². The van der Waals surface area contributed by atoms with Crippen molar-refractivity contribution in [3.63, 3.8) is 0 Å². The van der Waals surface area contributed by atoms with Gasteiger partial charge in [-0.05, 0) is 50.4 Å². The van der Waals surface area contributed by atoms with Crippen LogP contribution in [0.5, 0.6) is 0 Å².